The molecule has 106 heavy (non-hydrogen) atoms. The highest BCUT2D eigenvalue weighted by Gasteiger charge is 2.24. The number of hydrogen-bond acceptors (Lipinski definition) is 10. The van der Waals surface area contributed by atoms with E-state index in [4.69, 9.17) is 9.47 Å². The summed E-state index contributed by atoms with van der Waals surface area (Å²) in [5, 5.41) is 6.28. The van der Waals surface area contributed by atoms with Gasteiger partial charge in [0, 0.05) is 84.7 Å². The first-order chi connectivity index (χ1) is 48.0. The number of amides is 2. The maximum atomic E-state index is 12.5. The number of esters is 1. The standard InChI is InChI=1S/C20H33NO.C19H32N2O.C19H29NO2.2C18H28O2/c1-19(2,3)15-16-10-8-11-17(14-16)18(22)12-9-13-21(7)20(4,5)6;1-18(2,3)14-15-9-8-10-16(13-15)17(22)21(7)12-11-20-19(4,5)6;1-18(2,3)13-14-8-7-9-15(12-14)16(21)10-11-17(22)20-19(4,5)6;1-17(2,3)11-16(19)15-9-7-8-14(10-15)12-20-13-18(4,5)6;1-17(2,3)11-14-8-7-9-15(10-14)13-20-16(19)12-18(4,5)6/h8,10-11,14H,9,12-13,15H2,1-7H3;8-10,13,20H,11-12,14H2,1-7H3;7-9,12H,10-11,13H2,1-6H3,(H,20,22);2*7-10H,11-13H2,1-6H3. The Morgan fingerprint density at radius 1 is 0.368 bits per heavy atom. The van der Waals surface area contributed by atoms with E-state index in [1.165, 1.54) is 16.7 Å². The number of likely N-dealkylation sites (N-methyl/N-ethyl adjacent to an activating group) is 1. The molecule has 0 saturated carbocycles. The summed E-state index contributed by atoms with van der Waals surface area (Å²) < 4.78 is 11.1. The minimum absolute atomic E-state index is 0.0227. The second kappa shape index (κ2) is 43.0. The number of hydrogen-bond donors (Lipinski definition) is 2. The number of rotatable bonds is 25. The van der Waals surface area contributed by atoms with E-state index in [-0.39, 0.29) is 102 Å². The van der Waals surface area contributed by atoms with Crippen LogP contribution in [-0.4, -0.2) is 102 Å². The van der Waals surface area contributed by atoms with E-state index in [9.17, 15) is 28.8 Å². The van der Waals surface area contributed by atoms with Crippen molar-refractivity contribution in [3.63, 3.8) is 0 Å². The third-order valence-electron chi connectivity index (χ3n) is 16.0. The van der Waals surface area contributed by atoms with Crippen molar-refractivity contribution >= 4 is 35.1 Å². The van der Waals surface area contributed by atoms with E-state index in [0.29, 0.717) is 51.2 Å². The summed E-state index contributed by atoms with van der Waals surface area (Å²) in [5.41, 5.74) is 11.3. The summed E-state index contributed by atoms with van der Waals surface area (Å²) in [4.78, 5) is 76.9. The van der Waals surface area contributed by atoms with E-state index in [1.807, 2.05) is 140 Å². The summed E-state index contributed by atoms with van der Waals surface area (Å²) >= 11 is 0. The lowest BCUT2D eigenvalue weighted by molar-refractivity contribution is -0.147. The molecule has 0 atom stereocenters. The normalized spacial score (nSPS) is 12.4. The van der Waals surface area contributed by atoms with Gasteiger partial charge in [-0.05, 0) is 210 Å². The molecule has 5 aromatic rings. The van der Waals surface area contributed by atoms with Crippen LogP contribution >= 0.6 is 0 Å². The Balaban J connectivity index is 0.000000663. The third-order valence-corrected chi connectivity index (χ3v) is 16.0. The van der Waals surface area contributed by atoms with Crippen LogP contribution in [0.15, 0.2) is 121 Å². The fraction of sp³-hybridized carbons (Fsp3) is 0.617. The van der Waals surface area contributed by atoms with Gasteiger partial charge >= 0.3 is 5.97 Å². The van der Waals surface area contributed by atoms with Gasteiger partial charge in [-0.25, -0.2) is 0 Å². The molecule has 2 amide bonds. The number of carbonyl (C=O) groups excluding carboxylic acids is 6. The average molecular weight is 1460 g/mol. The molecule has 0 aliphatic rings. The van der Waals surface area contributed by atoms with Gasteiger partial charge in [0.1, 0.15) is 6.61 Å². The molecule has 0 saturated heterocycles. The van der Waals surface area contributed by atoms with Crippen molar-refractivity contribution in [2.75, 3.05) is 40.3 Å². The monoisotopic (exact) mass is 1460 g/mol. The first kappa shape index (κ1) is 97.4. The van der Waals surface area contributed by atoms with Crippen LogP contribution < -0.4 is 10.6 Å². The number of nitrogens with one attached hydrogen (secondary N) is 2. The van der Waals surface area contributed by atoms with Gasteiger partial charge in [-0.3, -0.25) is 28.8 Å². The molecule has 5 rings (SSSR count). The van der Waals surface area contributed by atoms with Gasteiger partial charge in [0.25, 0.3) is 5.91 Å². The minimum atomic E-state index is -0.257. The predicted octanol–water partition coefficient (Wildman–Crippen LogP) is 22.5. The molecular weight excluding hydrogens is 1310 g/mol. The Morgan fingerprint density at radius 3 is 1.13 bits per heavy atom. The molecule has 594 valence electrons. The number of carbonyl (C=O) groups is 6. The Hall–Kier alpha value is -6.60. The number of benzene rings is 5. The Bertz CT molecular complexity index is 3490. The maximum Gasteiger partial charge on any atom is 0.306 e. The van der Waals surface area contributed by atoms with Crippen molar-refractivity contribution in [1.82, 2.24) is 20.4 Å². The smallest absolute Gasteiger partial charge is 0.306 e. The average Bonchev–Trinajstić information content (AvgIpc) is 0.873. The highest BCUT2D eigenvalue weighted by atomic mass is 16.5. The highest BCUT2D eigenvalue weighted by molar-refractivity contribution is 5.98. The molecule has 12 nitrogen and oxygen atoms in total. The van der Waals surface area contributed by atoms with Crippen LogP contribution in [-0.2, 0) is 58.0 Å². The SMILES string of the molecule is CC(C)(C)CC(=O)OCc1cccc(CC(C)(C)C)c1.CC(C)(C)COCc1cccc(C(=O)CC(C)(C)C)c1.CC(C)(C)Cc1cccc(C(=O)CCC(=O)NC(C)(C)C)c1.CN(CCCC(=O)c1cccc(CC(C)(C)C)c1)C(C)(C)C.CN(CCNC(C)(C)C)C(=O)c1cccc(CC(C)(C)C)c1. The van der Waals surface area contributed by atoms with Crippen LogP contribution in [0.25, 0.3) is 0 Å². The largest absolute Gasteiger partial charge is 0.461 e. The number of Topliss-reactive ketones (excluding diaryl/α,β-unsaturated/α-hetero) is 3. The van der Waals surface area contributed by atoms with Gasteiger partial charge in [-0.2, -0.15) is 0 Å². The van der Waals surface area contributed by atoms with Crippen molar-refractivity contribution in [2.45, 2.75) is 302 Å². The van der Waals surface area contributed by atoms with Crippen molar-refractivity contribution in [1.29, 1.82) is 0 Å². The quantitative estimate of drug-likeness (QED) is 0.0427. The molecule has 5 aromatic carbocycles. The van der Waals surface area contributed by atoms with Crippen LogP contribution in [0.2, 0.25) is 0 Å². The molecule has 0 spiro atoms. The van der Waals surface area contributed by atoms with Crippen molar-refractivity contribution in [3.8, 4) is 0 Å². The van der Waals surface area contributed by atoms with Gasteiger partial charge in [-0.1, -0.05) is 236 Å². The second-order valence-electron chi connectivity index (χ2n) is 40.9. The molecule has 12 heteroatoms. The van der Waals surface area contributed by atoms with Gasteiger partial charge in [-0.15, -0.1) is 0 Å². The molecule has 0 fully saturated rings. The lowest BCUT2D eigenvalue weighted by atomic mass is 9.87. The van der Waals surface area contributed by atoms with E-state index >= 15 is 0 Å². The molecule has 0 heterocycles. The third kappa shape index (κ3) is 50.1. The highest BCUT2D eigenvalue weighted by Crippen LogP contribution is 2.28. The summed E-state index contributed by atoms with van der Waals surface area (Å²) in [6.07, 6.45) is 6.98. The molecule has 0 aromatic heterocycles. The van der Waals surface area contributed by atoms with Crippen molar-refractivity contribution in [2.24, 2.45) is 37.9 Å². The zero-order valence-electron chi connectivity index (χ0n) is 73.0. The first-order valence-corrected chi connectivity index (χ1v) is 38.8. The zero-order valence-corrected chi connectivity index (χ0v) is 73.0. The Kier molecular flexibility index (Phi) is 39.5. The van der Waals surface area contributed by atoms with Gasteiger partial charge in [0.2, 0.25) is 5.91 Å². The summed E-state index contributed by atoms with van der Waals surface area (Å²) in [6.45, 7) is 68.2. The molecule has 2 N–H and O–H groups in total. The minimum Gasteiger partial charge on any atom is -0.461 e. The van der Waals surface area contributed by atoms with Crippen molar-refractivity contribution in [3.05, 3.63) is 177 Å². The van der Waals surface area contributed by atoms with Crippen LogP contribution in [0.4, 0.5) is 0 Å². The molecular formula is C94H150N4O8. The fourth-order valence-electron chi connectivity index (χ4n) is 11.1. The van der Waals surface area contributed by atoms with E-state index < -0.39 is 0 Å². The Labute approximate surface area is 647 Å². The zero-order chi connectivity index (χ0) is 81.7. The van der Waals surface area contributed by atoms with E-state index in [2.05, 4.69) is 219 Å². The predicted molar refractivity (Wildman–Crippen MR) is 448 cm³/mol. The molecule has 0 aliphatic carbocycles. The maximum absolute atomic E-state index is 12.5. The van der Waals surface area contributed by atoms with Gasteiger partial charge < -0.3 is 29.9 Å². The second-order valence-corrected chi connectivity index (χ2v) is 40.9. The lowest BCUT2D eigenvalue weighted by Crippen LogP contribution is -2.41. The topological polar surface area (TPSA) is 151 Å². The number of nitrogens with zero attached hydrogens (tertiary/aromatic N) is 2. The van der Waals surface area contributed by atoms with E-state index in [1.54, 1.807) is 4.90 Å². The van der Waals surface area contributed by atoms with Crippen LogP contribution in [0.1, 0.15) is 321 Å². The van der Waals surface area contributed by atoms with Crippen LogP contribution in [0.3, 0.4) is 0 Å². The fourth-order valence-corrected chi connectivity index (χ4v) is 11.1. The number of ether oxygens (including phenoxy) is 2. The van der Waals surface area contributed by atoms with Gasteiger partial charge in [0.15, 0.2) is 17.3 Å². The van der Waals surface area contributed by atoms with Crippen molar-refractivity contribution < 1.29 is 38.2 Å². The molecule has 0 aliphatic heterocycles. The van der Waals surface area contributed by atoms with Crippen LogP contribution in [0.5, 0.6) is 0 Å². The van der Waals surface area contributed by atoms with Crippen LogP contribution in [0, 0.1) is 37.9 Å². The molecule has 0 bridgehead atoms. The summed E-state index contributed by atoms with van der Waals surface area (Å²) in [6, 6.07) is 40.0. The summed E-state index contributed by atoms with van der Waals surface area (Å²) in [5.74, 6) is 0.380. The molecule has 0 unspecified atom stereocenters. The Morgan fingerprint density at radius 2 is 0.736 bits per heavy atom. The number of ketones is 3. The summed E-state index contributed by atoms with van der Waals surface area (Å²) in [7, 11) is 3.98. The van der Waals surface area contributed by atoms with E-state index in [0.717, 1.165) is 78.6 Å². The lowest BCUT2D eigenvalue weighted by Gasteiger charge is -2.31. The van der Waals surface area contributed by atoms with Gasteiger partial charge in [0.05, 0.1) is 19.6 Å². The first-order valence-electron chi connectivity index (χ1n) is 38.8. The molecule has 0 radical (unpaired) electrons.